The summed E-state index contributed by atoms with van der Waals surface area (Å²) in [7, 11) is 0. The van der Waals surface area contributed by atoms with Gasteiger partial charge < -0.3 is 20.9 Å². The van der Waals surface area contributed by atoms with Crippen molar-refractivity contribution < 1.29 is 9.47 Å². The maximum atomic E-state index is 6.46. The van der Waals surface area contributed by atoms with E-state index in [9.17, 15) is 0 Å². The molecule has 0 radical (unpaired) electrons. The van der Waals surface area contributed by atoms with Crippen LogP contribution in [0.25, 0.3) is 0 Å². The normalized spacial score (nSPS) is 21.8. The molecule has 4 heteroatoms. The van der Waals surface area contributed by atoms with Crippen molar-refractivity contribution in [2.24, 2.45) is 0 Å². The molecule has 3 aromatic carbocycles. The summed E-state index contributed by atoms with van der Waals surface area (Å²) in [6.45, 7) is 4.10. The van der Waals surface area contributed by atoms with Gasteiger partial charge >= 0.3 is 0 Å². The number of hydrogen-bond acceptors (Lipinski definition) is 4. The highest BCUT2D eigenvalue weighted by Gasteiger charge is 2.47. The van der Waals surface area contributed by atoms with Gasteiger partial charge in [0.2, 0.25) is 0 Å². The van der Waals surface area contributed by atoms with Crippen LogP contribution in [-0.4, -0.2) is 6.10 Å². The maximum absolute atomic E-state index is 6.46. The van der Waals surface area contributed by atoms with E-state index in [2.05, 4.69) is 19.1 Å². The second-order valence-electron chi connectivity index (χ2n) is 8.35. The van der Waals surface area contributed by atoms with Crippen LogP contribution in [-0.2, 0) is 0 Å². The fourth-order valence-corrected chi connectivity index (χ4v) is 4.82. The van der Waals surface area contributed by atoms with E-state index < -0.39 is 0 Å². The van der Waals surface area contributed by atoms with Crippen LogP contribution in [0.2, 0.25) is 0 Å². The highest BCUT2D eigenvalue weighted by Crippen LogP contribution is 2.55. The molecule has 2 bridgehead atoms. The first-order valence-corrected chi connectivity index (χ1v) is 10.2. The van der Waals surface area contributed by atoms with Crippen molar-refractivity contribution in [1.29, 1.82) is 0 Å². The molecule has 0 heterocycles. The van der Waals surface area contributed by atoms with Gasteiger partial charge in [-0.2, -0.15) is 0 Å². The quantitative estimate of drug-likeness (QED) is 0.566. The zero-order valence-electron chi connectivity index (χ0n) is 16.8. The van der Waals surface area contributed by atoms with Gasteiger partial charge in [0.15, 0.2) is 5.75 Å². The van der Waals surface area contributed by atoms with E-state index in [1.54, 1.807) is 0 Å². The van der Waals surface area contributed by atoms with Gasteiger partial charge in [0.1, 0.15) is 17.6 Å². The zero-order valence-corrected chi connectivity index (χ0v) is 16.8. The van der Waals surface area contributed by atoms with E-state index in [1.165, 1.54) is 11.1 Å². The van der Waals surface area contributed by atoms with Gasteiger partial charge in [0, 0.05) is 11.8 Å². The predicted octanol–water partition coefficient (Wildman–Crippen LogP) is 5.68. The molecule has 2 aliphatic rings. The van der Waals surface area contributed by atoms with E-state index >= 15 is 0 Å². The van der Waals surface area contributed by atoms with Crippen LogP contribution in [0.5, 0.6) is 17.2 Å². The SMILES string of the molecule is Cc1ccc(N)c(Oc2ccc3c(c2)C2CCC3C2Oc2cc(C)ccc2N)c1. The predicted molar refractivity (Wildman–Crippen MR) is 117 cm³/mol. The molecule has 0 amide bonds. The minimum absolute atomic E-state index is 0.133. The molecule has 29 heavy (non-hydrogen) atoms. The maximum Gasteiger partial charge on any atom is 0.150 e. The molecule has 4 nitrogen and oxygen atoms in total. The molecule has 0 spiro atoms. The van der Waals surface area contributed by atoms with E-state index in [0.29, 0.717) is 29.0 Å². The Morgan fingerprint density at radius 3 is 2.07 bits per heavy atom. The van der Waals surface area contributed by atoms with Gasteiger partial charge in [-0.25, -0.2) is 0 Å². The number of rotatable bonds is 4. The van der Waals surface area contributed by atoms with Crippen LogP contribution in [0.4, 0.5) is 11.4 Å². The summed E-state index contributed by atoms with van der Waals surface area (Å²) in [5.41, 5.74) is 18.6. The third-order valence-corrected chi connectivity index (χ3v) is 6.27. The van der Waals surface area contributed by atoms with Crippen molar-refractivity contribution in [2.45, 2.75) is 44.6 Å². The number of ether oxygens (including phenoxy) is 2. The molecule has 4 N–H and O–H groups in total. The van der Waals surface area contributed by atoms with Crippen molar-refractivity contribution in [3.63, 3.8) is 0 Å². The smallest absolute Gasteiger partial charge is 0.150 e. The number of nitrogens with two attached hydrogens (primary N) is 2. The Labute approximate surface area is 171 Å². The van der Waals surface area contributed by atoms with Crippen molar-refractivity contribution in [3.05, 3.63) is 76.9 Å². The topological polar surface area (TPSA) is 70.5 Å². The lowest BCUT2D eigenvalue weighted by Crippen LogP contribution is -2.20. The zero-order chi connectivity index (χ0) is 20.1. The minimum Gasteiger partial charge on any atom is -0.487 e. The molecule has 3 aromatic rings. The number of fused-ring (bicyclic) bond motifs is 5. The first-order chi connectivity index (χ1) is 14.0. The lowest BCUT2D eigenvalue weighted by Gasteiger charge is -2.20. The molecule has 5 rings (SSSR count). The van der Waals surface area contributed by atoms with Crippen molar-refractivity contribution in [2.75, 3.05) is 11.5 Å². The second-order valence-corrected chi connectivity index (χ2v) is 8.35. The fraction of sp³-hybridized carbons (Fsp3) is 0.280. The molecule has 2 aliphatic carbocycles. The Morgan fingerprint density at radius 1 is 0.724 bits per heavy atom. The van der Waals surface area contributed by atoms with Crippen molar-refractivity contribution in [1.82, 2.24) is 0 Å². The Hall–Kier alpha value is -3.14. The van der Waals surface area contributed by atoms with Crippen molar-refractivity contribution >= 4 is 11.4 Å². The average Bonchev–Trinajstić information content (AvgIpc) is 3.23. The van der Waals surface area contributed by atoms with E-state index in [-0.39, 0.29) is 6.10 Å². The summed E-state index contributed by atoms with van der Waals surface area (Å²) < 4.78 is 12.6. The summed E-state index contributed by atoms with van der Waals surface area (Å²) in [5.74, 6) is 3.10. The second kappa shape index (κ2) is 6.73. The number of nitrogen functional groups attached to an aromatic ring is 2. The van der Waals surface area contributed by atoms with Crippen LogP contribution in [0.1, 0.15) is 46.9 Å². The minimum atomic E-state index is 0.133. The standard InChI is InChI=1S/C25H26N2O2/c1-14-3-9-21(26)23(11-14)28-16-5-6-17-18-7-8-19(20(17)13-16)25(18)29-24-12-15(2)4-10-22(24)27/h3-6,9-13,18-19,25H,7-8,26-27H2,1-2H3. The van der Waals surface area contributed by atoms with Gasteiger partial charge in [-0.1, -0.05) is 18.2 Å². The molecule has 1 fully saturated rings. The first kappa shape index (κ1) is 17.9. The highest BCUT2D eigenvalue weighted by atomic mass is 16.5. The number of aryl methyl sites for hydroxylation is 2. The monoisotopic (exact) mass is 386 g/mol. The average molecular weight is 386 g/mol. The van der Waals surface area contributed by atoms with Crippen LogP contribution in [0, 0.1) is 13.8 Å². The van der Waals surface area contributed by atoms with Crippen LogP contribution in [0.15, 0.2) is 54.6 Å². The Morgan fingerprint density at radius 2 is 1.34 bits per heavy atom. The summed E-state index contributed by atoms with van der Waals surface area (Å²) in [5, 5.41) is 0. The Kier molecular flexibility index (Phi) is 4.16. The molecule has 0 aliphatic heterocycles. The molecular formula is C25H26N2O2. The highest BCUT2D eigenvalue weighted by molar-refractivity contribution is 5.57. The van der Waals surface area contributed by atoms with Crippen LogP contribution < -0.4 is 20.9 Å². The van der Waals surface area contributed by atoms with Gasteiger partial charge in [0.25, 0.3) is 0 Å². The molecule has 0 saturated heterocycles. The summed E-state index contributed by atoms with van der Waals surface area (Å²) >= 11 is 0. The molecule has 0 aromatic heterocycles. The van der Waals surface area contributed by atoms with Gasteiger partial charge in [-0.15, -0.1) is 0 Å². The third-order valence-electron chi connectivity index (χ3n) is 6.27. The lowest BCUT2D eigenvalue weighted by atomic mass is 9.92. The molecular weight excluding hydrogens is 360 g/mol. The van der Waals surface area contributed by atoms with Gasteiger partial charge in [-0.05, 0) is 85.3 Å². The molecule has 3 unspecified atom stereocenters. The fourth-order valence-electron chi connectivity index (χ4n) is 4.82. The van der Waals surface area contributed by atoms with E-state index in [0.717, 1.165) is 35.5 Å². The molecule has 3 atom stereocenters. The number of hydrogen-bond donors (Lipinski definition) is 2. The lowest BCUT2D eigenvalue weighted by molar-refractivity contribution is 0.187. The van der Waals surface area contributed by atoms with E-state index in [1.807, 2.05) is 49.4 Å². The summed E-state index contributed by atoms with van der Waals surface area (Å²) in [6.07, 6.45) is 2.41. The van der Waals surface area contributed by atoms with Crippen molar-refractivity contribution in [3.8, 4) is 17.2 Å². The summed E-state index contributed by atoms with van der Waals surface area (Å²) in [4.78, 5) is 0. The van der Waals surface area contributed by atoms with E-state index in [4.69, 9.17) is 20.9 Å². The number of benzene rings is 3. The van der Waals surface area contributed by atoms with Gasteiger partial charge in [-0.3, -0.25) is 0 Å². The Bertz CT molecular complexity index is 1090. The molecule has 148 valence electrons. The van der Waals surface area contributed by atoms with Crippen LogP contribution in [0.3, 0.4) is 0 Å². The largest absolute Gasteiger partial charge is 0.487 e. The third kappa shape index (κ3) is 3.09. The first-order valence-electron chi connectivity index (χ1n) is 10.2. The summed E-state index contributed by atoms with van der Waals surface area (Å²) in [6, 6.07) is 18.2. The molecule has 1 saturated carbocycles. The van der Waals surface area contributed by atoms with Gasteiger partial charge in [0.05, 0.1) is 11.4 Å². The van der Waals surface area contributed by atoms with Crippen LogP contribution >= 0.6 is 0 Å². The number of anilines is 2. The Balaban J connectivity index is 1.42.